The van der Waals surface area contributed by atoms with Gasteiger partial charge < -0.3 is 0 Å². The van der Waals surface area contributed by atoms with Gasteiger partial charge in [0.2, 0.25) is 5.91 Å². The standard InChI is InChI=1S/C23H20N4O2S/c28-21-12-11-19(26-27(21)18-7-2-1-3-8-18)22(29)25-23-24-20(14-30-23)17-10-9-15-5-4-6-16(15)13-17/h1-3,7-10,13-14H,4-6,11-12H2,(H,24,25,29). The van der Waals surface area contributed by atoms with Crippen molar-refractivity contribution in [1.82, 2.24) is 4.98 Å². The van der Waals surface area contributed by atoms with Gasteiger partial charge in [0.15, 0.2) is 5.13 Å². The molecule has 1 aliphatic heterocycles. The smallest absolute Gasteiger partial charge is 0.273 e. The molecule has 150 valence electrons. The first-order chi connectivity index (χ1) is 14.7. The molecule has 2 aromatic carbocycles. The van der Waals surface area contributed by atoms with Gasteiger partial charge in [0.25, 0.3) is 5.91 Å². The number of rotatable bonds is 4. The van der Waals surface area contributed by atoms with Crippen LogP contribution < -0.4 is 10.3 Å². The van der Waals surface area contributed by atoms with Crippen LogP contribution in [0.4, 0.5) is 10.8 Å². The molecule has 2 aliphatic rings. The molecule has 0 saturated heterocycles. The van der Waals surface area contributed by atoms with Crippen LogP contribution in [-0.2, 0) is 22.4 Å². The fourth-order valence-electron chi connectivity index (χ4n) is 3.85. The molecular formula is C23H20N4O2S. The largest absolute Gasteiger partial charge is 0.297 e. The maximum Gasteiger partial charge on any atom is 0.273 e. The Morgan fingerprint density at radius 3 is 2.70 bits per heavy atom. The molecule has 0 spiro atoms. The number of hydrogen-bond donors (Lipinski definition) is 1. The minimum absolute atomic E-state index is 0.120. The molecule has 2 heterocycles. The van der Waals surface area contributed by atoms with Crippen molar-refractivity contribution in [3.8, 4) is 11.3 Å². The summed E-state index contributed by atoms with van der Waals surface area (Å²) >= 11 is 1.39. The number of fused-ring (bicyclic) bond motifs is 1. The maximum atomic E-state index is 12.7. The summed E-state index contributed by atoms with van der Waals surface area (Å²) in [6.45, 7) is 0. The molecule has 5 rings (SSSR count). The second-order valence-corrected chi connectivity index (χ2v) is 8.27. The van der Waals surface area contributed by atoms with Crippen molar-refractivity contribution in [2.24, 2.45) is 5.10 Å². The van der Waals surface area contributed by atoms with E-state index in [0.29, 0.717) is 23.0 Å². The van der Waals surface area contributed by atoms with Gasteiger partial charge in [0.1, 0.15) is 5.71 Å². The number of thiazole rings is 1. The summed E-state index contributed by atoms with van der Waals surface area (Å²) < 4.78 is 0. The minimum atomic E-state index is -0.321. The number of para-hydroxylation sites is 1. The molecule has 0 fully saturated rings. The predicted octanol–water partition coefficient (Wildman–Crippen LogP) is 4.42. The molecule has 0 saturated carbocycles. The number of carbonyl (C=O) groups excluding carboxylic acids is 2. The zero-order valence-electron chi connectivity index (χ0n) is 16.3. The molecular weight excluding hydrogens is 396 g/mol. The number of amides is 2. The summed E-state index contributed by atoms with van der Waals surface area (Å²) in [6, 6.07) is 15.6. The van der Waals surface area contributed by atoms with E-state index in [-0.39, 0.29) is 18.2 Å². The van der Waals surface area contributed by atoms with Crippen molar-refractivity contribution in [3.05, 3.63) is 65.0 Å². The van der Waals surface area contributed by atoms with E-state index in [2.05, 4.69) is 33.6 Å². The monoisotopic (exact) mass is 416 g/mol. The molecule has 7 heteroatoms. The number of anilines is 2. The van der Waals surface area contributed by atoms with E-state index in [9.17, 15) is 9.59 Å². The normalized spacial score (nSPS) is 15.7. The van der Waals surface area contributed by atoms with E-state index in [1.165, 1.54) is 33.9 Å². The van der Waals surface area contributed by atoms with E-state index in [4.69, 9.17) is 0 Å². The van der Waals surface area contributed by atoms with Crippen LogP contribution in [0.2, 0.25) is 0 Å². The quantitative estimate of drug-likeness (QED) is 0.684. The number of aryl methyl sites for hydroxylation is 2. The van der Waals surface area contributed by atoms with Crippen molar-refractivity contribution in [2.75, 3.05) is 10.3 Å². The summed E-state index contributed by atoms with van der Waals surface area (Å²) in [4.78, 5) is 29.6. The van der Waals surface area contributed by atoms with Gasteiger partial charge in [-0.2, -0.15) is 5.10 Å². The highest BCUT2D eigenvalue weighted by atomic mass is 32.1. The predicted molar refractivity (Wildman–Crippen MR) is 119 cm³/mol. The Bertz CT molecular complexity index is 1150. The van der Waals surface area contributed by atoms with Crippen molar-refractivity contribution < 1.29 is 9.59 Å². The lowest BCUT2D eigenvalue weighted by Crippen LogP contribution is -2.36. The number of hydrogen-bond acceptors (Lipinski definition) is 5. The number of hydrazone groups is 1. The van der Waals surface area contributed by atoms with Gasteiger partial charge in [-0.15, -0.1) is 11.3 Å². The van der Waals surface area contributed by atoms with E-state index in [0.717, 1.165) is 24.1 Å². The Morgan fingerprint density at radius 2 is 1.83 bits per heavy atom. The number of benzene rings is 2. The van der Waals surface area contributed by atoms with Crippen LogP contribution >= 0.6 is 11.3 Å². The van der Waals surface area contributed by atoms with Crippen molar-refractivity contribution >= 4 is 39.7 Å². The van der Waals surface area contributed by atoms with Crippen molar-refractivity contribution in [1.29, 1.82) is 0 Å². The number of nitrogens with zero attached hydrogens (tertiary/aromatic N) is 3. The Labute approximate surface area is 178 Å². The van der Waals surface area contributed by atoms with Gasteiger partial charge in [-0.3, -0.25) is 14.9 Å². The molecule has 1 aliphatic carbocycles. The van der Waals surface area contributed by atoms with Gasteiger partial charge in [-0.05, 0) is 48.6 Å². The van der Waals surface area contributed by atoms with Crippen LogP contribution in [0.3, 0.4) is 0 Å². The highest BCUT2D eigenvalue weighted by molar-refractivity contribution is 7.14. The lowest BCUT2D eigenvalue weighted by atomic mass is 10.1. The SMILES string of the molecule is O=C(Nc1nc(-c2ccc3c(c2)CCC3)cs1)C1=NN(c2ccccc2)C(=O)CC1. The zero-order valence-corrected chi connectivity index (χ0v) is 17.1. The number of nitrogens with one attached hydrogen (secondary N) is 1. The van der Waals surface area contributed by atoms with E-state index < -0.39 is 0 Å². The molecule has 3 aromatic rings. The molecule has 1 N–H and O–H groups in total. The third kappa shape index (κ3) is 3.64. The fraction of sp³-hybridized carbons (Fsp3) is 0.217. The third-order valence-electron chi connectivity index (χ3n) is 5.41. The van der Waals surface area contributed by atoms with Crippen LogP contribution in [-0.4, -0.2) is 22.5 Å². The van der Waals surface area contributed by atoms with Gasteiger partial charge in [-0.25, -0.2) is 9.99 Å². The first-order valence-electron chi connectivity index (χ1n) is 10.0. The second-order valence-electron chi connectivity index (χ2n) is 7.42. The highest BCUT2D eigenvalue weighted by Gasteiger charge is 2.26. The Hall–Kier alpha value is -3.32. The summed E-state index contributed by atoms with van der Waals surface area (Å²) in [5, 5.41) is 10.9. The number of aromatic nitrogens is 1. The molecule has 2 amide bonds. The van der Waals surface area contributed by atoms with Crippen molar-refractivity contribution in [3.63, 3.8) is 0 Å². The first kappa shape index (κ1) is 18.7. The minimum Gasteiger partial charge on any atom is -0.297 e. The molecule has 1 aromatic heterocycles. The molecule has 0 radical (unpaired) electrons. The molecule has 0 bridgehead atoms. The topological polar surface area (TPSA) is 74.7 Å². The van der Waals surface area contributed by atoms with E-state index in [1.54, 1.807) is 12.1 Å². The third-order valence-corrected chi connectivity index (χ3v) is 6.17. The lowest BCUT2D eigenvalue weighted by Gasteiger charge is -2.22. The van der Waals surface area contributed by atoms with Crippen LogP contribution in [0, 0.1) is 0 Å². The average Bonchev–Trinajstić information content (AvgIpc) is 3.43. The first-order valence-corrected chi connectivity index (χ1v) is 10.9. The fourth-order valence-corrected chi connectivity index (χ4v) is 4.57. The Balaban J connectivity index is 1.33. The van der Waals surface area contributed by atoms with Crippen molar-refractivity contribution in [2.45, 2.75) is 32.1 Å². The molecule has 0 unspecified atom stereocenters. The van der Waals surface area contributed by atoms with Gasteiger partial charge in [0, 0.05) is 23.8 Å². The van der Waals surface area contributed by atoms with Gasteiger partial charge >= 0.3 is 0 Å². The summed E-state index contributed by atoms with van der Waals surface area (Å²) in [5.74, 6) is -0.441. The number of carbonyl (C=O) groups is 2. The highest BCUT2D eigenvalue weighted by Crippen LogP contribution is 2.30. The molecule has 30 heavy (non-hydrogen) atoms. The van der Waals surface area contributed by atoms with E-state index in [1.807, 2.05) is 23.6 Å². The van der Waals surface area contributed by atoms with Crippen LogP contribution in [0.25, 0.3) is 11.3 Å². The van der Waals surface area contributed by atoms with Crippen LogP contribution in [0.5, 0.6) is 0 Å². The van der Waals surface area contributed by atoms with Gasteiger partial charge in [-0.1, -0.05) is 30.3 Å². The summed E-state index contributed by atoms with van der Waals surface area (Å²) in [6.07, 6.45) is 4.05. The molecule has 6 nitrogen and oxygen atoms in total. The van der Waals surface area contributed by atoms with Gasteiger partial charge in [0.05, 0.1) is 11.4 Å². The Morgan fingerprint density at radius 1 is 1.00 bits per heavy atom. The summed E-state index contributed by atoms with van der Waals surface area (Å²) in [7, 11) is 0. The maximum absolute atomic E-state index is 12.7. The lowest BCUT2D eigenvalue weighted by molar-refractivity contribution is -0.118. The van der Waals surface area contributed by atoms with Crippen LogP contribution in [0.15, 0.2) is 59.0 Å². The Kier molecular flexibility index (Phi) is 4.88. The molecule has 0 atom stereocenters. The zero-order chi connectivity index (χ0) is 20.5. The van der Waals surface area contributed by atoms with Crippen LogP contribution in [0.1, 0.15) is 30.4 Å². The second kappa shape index (κ2) is 7.84. The average molecular weight is 417 g/mol. The van der Waals surface area contributed by atoms with E-state index >= 15 is 0 Å². The summed E-state index contributed by atoms with van der Waals surface area (Å²) in [5.41, 5.74) is 5.73.